The standard InChI is InChI=1S/C14H21N3O/c1-3-8-15-13(14-16-9-10-17(14)2)7-6-12-5-4-11-18-12/h4-5,9-11,13,15H,3,6-8H2,1-2H3. The van der Waals surface area contributed by atoms with Crippen LogP contribution in [0.1, 0.15) is 37.4 Å². The number of furan rings is 1. The van der Waals surface area contributed by atoms with Crippen molar-refractivity contribution >= 4 is 0 Å². The zero-order chi connectivity index (χ0) is 12.8. The number of hydrogen-bond donors (Lipinski definition) is 1. The van der Waals surface area contributed by atoms with Gasteiger partial charge < -0.3 is 14.3 Å². The largest absolute Gasteiger partial charge is 0.469 e. The van der Waals surface area contributed by atoms with E-state index >= 15 is 0 Å². The molecule has 1 unspecified atom stereocenters. The van der Waals surface area contributed by atoms with Gasteiger partial charge >= 0.3 is 0 Å². The number of aromatic nitrogens is 2. The first-order chi connectivity index (χ1) is 8.81. The summed E-state index contributed by atoms with van der Waals surface area (Å²) in [6.07, 6.45) is 8.62. The van der Waals surface area contributed by atoms with Gasteiger partial charge in [0.2, 0.25) is 0 Å². The smallest absolute Gasteiger partial charge is 0.125 e. The fourth-order valence-corrected chi connectivity index (χ4v) is 2.10. The number of hydrogen-bond acceptors (Lipinski definition) is 3. The molecule has 1 atom stereocenters. The van der Waals surface area contributed by atoms with Gasteiger partial charge in [0.05, 0.1) is 12.3 Å². The monoisotopic (exact) mass is 247 g/mol. The summed E-state index contributed by atoms with van der Waals surface area (Å²) < 4.78 is 7.46. The topological polar surface area (TPSA) is 43.0 Å². The molecule has 0 aromatic carbocycles. The molecule has 0 aliphatic heterocycles. The average Bonchev–Trinajstić information content (AvgIpc) is 3.01. The molecule has 1 N–H and O–H groups in total. The van der Waals surface area contributed by atoms with Gasteiger partial charge in [0, 0.05) is 25.9 Å². The molecule has 0 saturated carbocycles. The Bertz CT molecular complexity index is 447. The van der Waals surface area contributed by atoms with Crippen LogP contribution >= 0.6 is 0 Å². The maximum absolute atomic E-state index is 5.38. The van der Waals surface area contributed by atoms with Crippen molar-refractivity contribution in [1.29, 1.82) is 0 Å². The Morgan fingerprint density at radius 1 is 1.50 bits per heavy atom. The van der Waals surface area contributed by atoms with Crippen LogP contribution in [0.2, 0.25) is 0 Å². The third kappa shape index (κ3) is 3.23. The molecule has 2 aromatic rings. The summed E-state index contributed by atoms with van der Waals surface area (Å²) in [4.78, 5) is 4.44. The molecule has 0 radical (unpaired) electrons. The molecule has 2 heterocycles. The number of rotatable bonds is 7. The van der Waals surface area contributed by atoms with Gasteiger partial charge in [-0.25, -0.2) is 4.98 Å². The Hall–Kier alpha value is -1.55. The number of aryl methyl sites for hydroxylation is 2. The summed E-state index contributed by atoms with van der Waals surface area (Å²) in [5, 5.41) is 3.55. The molecule has 0 aliphatic carbocycles. The Morgan fingerprint density at radius 2 is 2.39 bits per heavy atom. The van der Waals surface area contributed by atoms with Crippen molar-refractivity contribution in [2.45, 2.75) is 32.2 Å². The Labute approximate surface area is 108 Å². The molecular formula is C14H21N3O. The Morgan fingerprint density at radius 3 is 3.00 bits per heavy atom. The lowest BCUT2D eigenvalue weighted by Crippen LogP contribution is -2.25. The van der Waals surface area contributed by atoms with E-state index in [-0.39, 0.29) is 6.04 Å². The first-order valence-corrected chi connectivity index (χ1v) is 6.54. The van der Waals surface area contributed by atoms with E-state index in [2.05, 4.69) is 21.8 Å². The zero-order valence-electron chi connectivity index (χ0n) is 11.1. The fraction of sp³-hybridized carbons (Fsp3) is 0.500. The van der Waals surface area contributed by atoms with Gasteiger partial charge in [0.25, 0.3) is 0 Å². The van der Waals surface area contributed by atoms with E-state index in [0.29, 0.717) is 0 Å². The number of nitrogens with zero attached hydrogens (tertiary/aromatic N) is 2. The van der Waals surface area contributed by atoms with Crippen molar-refractivity contribution in [2.24, 2.45) is 7.05 Å². The van der Waals surface area contributed by atoms with Crippen molar-refractivity contribution < 1.29 is 4.42 Å². The zero-order valence-corrected chi connectivity index (χ0v) is 11.1. The van der Waals surface area contributed by atoms with Gasteiger partial charge in [-0.05, 0) is 31.5 Å². The molecule has 98 valence electrons. The highest BCUT2D eigenvalue weighted by molar-refractivity contribution is 5.03. The summed E-state index contributed by atoms with van der Waals surface area (Å²) in [6.45, 7) is 3.19. The Balaban J connectivity index is 1.99. The molecule has 0 aliphatic rings. The van der Waals surface area contributed by atoms with Gasteiger partial charge in [-0.2, -0.15) is 0 Å². The van der Waals surface area contributed by atoms with E-state index in [1.165, 1.54) is 0 Å². The SMILES string of the molecule is CCCNC(CCc1ccco1)c1nccn1C. The Kier molecular flexibility index (Phi) is 4.59. The molecule has 0 amide bonds. The van der Waals surface area contributed by atoms with E-state index < -0.39 is 0 Å². The van der Waals surface area contributed by atoms with E-state index in [1.807, 2.05) is 31.6 Å². The molecule has 0 saturated heterocycles. The molecule has 2 aromatic heterocycles. The highest BCUT2D eigenvalue weighted by atomic mass is 16.3. The van der Waals surface area contributed by atoms with Crippen LogP contribution in [0.3, 0.4) is 0 Å². The number of nitrogens with one attached hydrogen (secondary N) is 1. The van der Waals surface area contributed by atoms with Gasteiger partial charge in [0.15, 0.2) is 0 Å². The lowest BCUT2D eigenvalue weighted by molar-refractivity contribution is 0.434. The molecule has 18 heavy (non-hydrogen) atoms. The highest BCUT2D eigenvalue weighted by Gasteiger charge is 2.15. The van der Waals surface area contributed by atoms with Crippen LogP contribution in [-0.2, 0) is 13.5 Å². The van der Waals surface area contributed by atoms with Gasteiger partial charge in [-0.3, -0.25) is 0 Å². The number of imidazole rings is 1. The first-order valence-electron chi connectivity index (χ1n) is 6.54. The summed E-state index contributed by atoms with van der Waals surface area (Å²) in [7, 11) is 2.04. The summed E-state index contributed by atoms with van der Waals surface area (Å²) in [6, 6.07) is 4.25. The molecule has 4 nitrogen and oxygen atoms in total. The molecule has 2 rings (SSSR count). The van der Waals surface area contributed by atoms with E-state index in [0.717, 1.165) is 37.4 Å². The molecule has 4 heteroatoms. The normalized spacial score (nSPS) is 12.8. The van der Waals surface area contributed by atoms with Crippen molar-refractivity contribution in [3.8, 4) is 0 Å². The third-order valence-corrected chi connectivity index (χ3v) is 3.07. The lowest BCUT2D eigenvalue weighted by Gasteiger charge is -2.17. The quantitative estimate of drug-likeness (QED) is 0.818. The second kappa shape index (κ2) is 6.40. The minimum absolute atomic E-state index is 0.287. The minimum atomic E-state index is 0.287. The second-order valence-corrected chi connectivity index (χ2v) is 4.52. The highest BCUT2D eigenvalue weighted by Crippen LogP contribution is 2.17. The minimum Gasteiger partial charge on any atom is -0.469 e. The molecule has 0 spiro atoms. The molecular weight excluding hydrogens is 226 g/mol. The maximum atomic E-state index is 5.38. The van der Waals surface area contributed by atoms with Crippen LogP contribution in [0, 0.1) is 0 Å². The van der Waals surface area contributed by atoms with Gasteiger partial charge in [-0.15, -0.1) is 0 Å². The molecule has 0 bridgehead atoms. The van der Waals surface area contributed by atoms with E-state index in [4.69, 9.17) is 4.42 Å². The summed E-state index contributed by atoms with van der Waals surface area (Å²) >= 11 is 0. The fourth-order valence-electron chi connectivity index (χ4n) is 2.10. The predicted molar refractivity (Wildman–Crippen MR) is 71.3 cm³/mol. The second-order valence-electron chi connectivity index (χ2n) is 4.52. The van der Waals surface area contributed by atoms with Crippen molar-refractivity contribution in [1.82, 2.24) is 14.9 Å². The average molecular weight is 247 g/mol. The maximum Gasteiger partial charge on any atom is 0.125 e. The summed E-state index contributed by atoms with van der Waals surface area (Å²) in [5.41, 5.74) is 0. The van der Waals surface area contributed by atoms with Crippen LogP contribution in [-0.4, -0.2) is 16.1 Å². The van der Waals surface area contributed by atoms with Gasteiger partial charge in [-0.1, -0.05) is 6.92 Å². The summed E-state index contributed by atoms with van der Waals surface area (Å²) in [5.74, 6) is 2.13. The third-order valence-electron chi connectivity index (χ3n) is 3.07. The predicted octanol–water partition coefficient (Wildman–Crippen LogP) is 2.69. The van der Waals surface area contributed by atoms with Crippen LogP contribution in [0.4, 0.5) is 0 Å². The first kappa shape index (κ1) is 12.9. The van der Waals surface area contributed by atoms with Crippen LogP contribution < -0.4 is 5.32 Å². The van der Waals surface area contributed by atoms with E-state index in [9.17, 15) is 0 Å². The van der Waals surface area contributed by atoms with E-state index in [1.54, 1.807) is 6.26 Å². The molecule has 0 fully saturated rings. The van der Waals surface area contributed by atoms with Crippen molar-refractivity contribution in [2.75, 3.05) is 6.54 Å². The van der Waals surface area contributed by atoms with Crippen LogP contribution in [0.5, 0.6) is 0 Å². The van der Waals surface area contributed by atoms with Gasteiger partial charge in [0.1, 0.15) is 11.6 Å². The van der Waals surface area contributed by atoms with Crippen molar-refractivity contribution in [3.63, 3.8) is 0 Å². The van der Waals surface area contributed by atoms with Crippen molar-refractivity contribution in [3.05, 3.63) is 42.4 Å². The van der Waals surface area contributed by atoms with Crippen LogP contribution in [0.25, 0.3) is 0 Å². The van der Waals surface area contributed by atoms with Crippen LogP contribution in [0.15, 0.2) is 35.2 Å². The lowest BCUT2D eigenvalue weighted by atomic mass is 10.1.